The average Bonchev–Trinajstić information content (AvgIpc) is 3.74. The van der Waals surface area contributed by atoms with Crippen LogP contribution in [0.4, 0.5) is 11.8 Å². The van der Waals surface area contributed by atoms with Crippen LogP contribution in [-0.4, -0.2) is 126 Å². The smallest absolute Gasteiger partial charge is 0.238 e. The van der Waals surface area contributed by atoms with E-state index in [1.54, 1.807) is 26.6 Å². The molecule has 0 aliphatic carbocycles. The second-order valence-electron chi connectivity index (χ2n) is 15.1. The molecule has 302 valence electrons. The van der Waals surface area contributed by atoms with E-state index in [-0.39, 0.29) is 12.5 Å². The molecule has 3 aliphatic heterocycles. The van der Waals surface area contributed by atoms with E-state index in [0.717, 1.165) is 81.4 Å². The Bertz CT molecular complexity index is 2140. The molecule has 2 N–H and O–H groups in total. The molecule has 2 fully saturated rings. The highest BCUT2D eigenvalue weighted by Gasteiger charge is 2.47. The number of carbonyl (C=O) groups is 1. The summed E-state index contributed by atoms with van der Waals surface area (Å²) in [5.41, 5.74) is 4.83. The number of morpholine rings is 1. The van der Waals surface area contributed by atoms with Crippen LogP contribution < -0.4 is 19.7 Å². The molecule has 58 heavy (non-hydrogen) atoms. The lowest BCUT2D eigenvalue weighted by Gasteiger charge is -2.52. The lowest BCUT2D eigenvalue weighted by molar-refractivity contribution is -0.143. The van der Waals surface area contributed by atoms with Crippen molar-refractivity contribution in [1.82, 2.24) is 29.7 Å². The number of nitrogens with one attached hydrogen (secondary N) is 1. The number of anilines is 2. The molecule has 5 aromatic rings. The number of methoxy groups -OCH3 is 2. The van der Waals surface area contributed by atoms with E-state index in [1.807, 2.05) is 48.5 Å². The van der Waals surface area contributed by atoms with Crippen molar-refractivity contribution in [2.45, 2.75) is 30.7 Å². The van der Waals surface area contributed by atoms with Gasteiger partial charge in [0.25, 0.3) is 0 Å². The molecule has 0 radical (unpaired) electrons. The molecule has 0 saturated carbocycles. The number of hydrogen-bond acceptors (Lipinski definition) is 12. The molecule has 13 nitrogen and oxygen atoms in total. The quantitative estimate of drug-likeness (QED) is 0.165. The summed E-state index contributed by atoms with van der Waals surface area (Å²) in [6.07, 6.45) is 5.53. The zero-order valence-electron chi connectivity index (χ0n) is 32.9. The Morgan fingerprint density at radius 3 is 2.21 bits per heavy atom. The first-order valence-electron chi connectivity index (χ1n) is 19.8. The maximum absolute atomic E-state index is 15.7. The van der Waals surface area contributed by atoms with Gasteiger partial charge >= 0.3 is 0 Å². The van der Waals surface area contributed by atoms with Crippen molar-refractivity contribution >= 4 is 33.6 Å². The van der Waals surface area contributed by atoms with Crippen LogP contribution in [0, 0.1) is 0 Å². The molecule has 14 heteroatoms. The van der Waals surface area contributed by atoms with E-state index in [0.29, 0.717) is 64.0 Å². The van der Waals surface area contributed by atoms with Gasteiger partial charge in [0.15, 0.2) is 0 Å². The molecular formula is C44H49BrN8O5. The predicted octanol–water partition coefficient (Wildman–Crippen LogP) is 5.01. The van der Waals surface area contributed by atoms with Crippen molar-refractivity contribution in [3.05, 3.63) is 118 Å². The van der Waals surface area contributed by atoms with E-state index < -0.39 is 11.5 Å². The lowest BCUT2D eigenvalue weighted by atomic mass is 9.79. The number of hydrogen-bond donors (Lipinski definition) is 2. The predicted molar refractivity (Wildman–Crippen MR) is 226 cm³/mol. The third kappa shape index (κ3) is 8.51. The van der Waals surface area contributed by atoms with E-state index in [1.165, 1.54) is 0 Å². The van der Waals surface area contributed by atoms with Crippen molar-refractivity contribution in [2.24, 2.45) is 0 Å². The topological polar surface area (TPSA) is 138 Å². The SMILES string of the molecule is COc1ccc(CC2(Cc3ccc(OC)cc3)CN(CCO)CCN2C(=O)C(c2cccc(Br)c2)c2ncc(-c3nc(N4CCOCC4)nc4c3CCN4)cn2)cc1. The minimum absolute atomic E-state index is 0.0233. The number of ether oxygens (including phenoxy) is 3. The van der Waals surface area contributed by atoms with Crippen LogP contribution in [0.1, 0.15) is 34.0 Å². The Labute approximate surface area is 347 Å². The number of piperazine rings is 1. The zero-order chi connectivity index (χ0) is 40.1. The molecule has 0 bridgehead atoms. The molecule has 3 aromatic carbocycles. The van der Waals surface area contributed by atoms with Gasteiger partial charge in [0, 0.05) is 73.8 Å². The number of fused-ring (bicyclic) bond motifs is 1. The van der Waals surface area contributed by atoms with Crippen LogP contribution in [-0.2, 0) is 28.8 Å². The Morgan fingerprint density at radius 2 is 1.59 bits per heavy atom. The van der Waals surface area contributed by atoms with Crippen molar-refractivity contribution in [1.29, 1.82) is 0 Å². The maximum atomic E-state index is 15.7. The van der Waals surface area contributed by atoms with Crippen molar-refractivity contribution < 1.29 is 24.1 Å². The lowest BCUT2D eigenvalue weighted by Crippen LogP contribution is -2.67. The van der Waals surface area contributed by atoms with Gasteiger partial charge in [-0.15, -0.1) is 0 Å². The fourth-order valence-electron chi connectivity index (χ4n) is 8.51. The number of carbonyl (C=O) groups excluding carboxylic acids is 1. The van der Waals surface area contributed by atoms with Crippen molar-refractivity contribution in [3.8, 4) is 22.8 Å². The molecule has 2 aromatic heterocycles. The van der Waals surface area contributed by atoms with Gasteiger partial charge in [-0.1, -0.05) is 52.3 Å². The molecular weight excluding hydrogens is 800 g/mol. The summed E-state index contributed by atoms with van der Waals surface area (Å²) in [5, 5.41) is 13.5. The number of rotatable bonds is 13. The minimum Gasteiger partial charge on any atom is -0.497 e. The van der Waals surface area contributed by atoms with Crippen LogP contribution in [0.3, 0.4) is 0 Å². The maximum Gasteiger partial charge on any atom is 0.238 e. The van der Waals surface area contributed by atoms with Crippen molar-refractivity contribution in [3.63, 3.8) is 0 Å². The summed E-state index contributed by atoms with van der Waals surface area (Å²) in [6.45, 7) is 5.63. The van der Waals surface area contributed by atoms with E-state index >= 15 is 4.79 Å². The zero-order valence-corrected chi connectivity index (χ0v) is 34.5. The Kier molecular flexibility index (Phi) is 12.2. The number of β-amino-alcohol motifs (C(OH)–C–C–N with tert-alkyl or cyclic N) is 1. The highest BCUT2D eigenvalue weighted by atomic mass is 79.9. The average molecular weight is 850 g/mol. The van der Waals surface area contributed by atoms with Gasteiger partial charge in [-0.3, -0.25) is 9.69 Å². The number of aliphatic hydroxyl groups is 1. The van der Waals surface area contributed by atoms with Gasteiger partial charge in [0.2, 0.25) is 11.9 Å². The van der Waals surface area contributed by atoms with E-state index in [4.69, 9.17) is 34.1 Å². The summed E-state index contributed by atoms with van der Waals surface area (Å²) in [4.78, 5) is 42.0. The number of nitrogens with zero attached hydrogens (tertiary/aromatic N) is 7. The highest BCUT2D eigenvalue weighted by Crippen LogP contribution is 2.37. The van der Waals surface area contributed by atoms with Crippen LogP contribution >= 0.6 is 15.9 Å². The minimum atomic E-state index is -0.802. The number of halogens is 1. The highest BCUT2D eigenvalue weighted by molar-refractivity contribution is 9.10. The number of benzene rings is 3. The molecule has 1 atom stereocenters. The van der Waals surface area contributed by atoms with E-state index in [2.05, 4.69) is 60.2 Å². The van der Waals surface area contributed by atoms with Crippen LogP contribution in [0.25, 0.3) is 11.3 Å². The Balaban J connectivity index is 1.20. The molecule has 3 aliphatic rings. The number of aromatic nitrogens is 4. The fourth-order valence-corrected chi connectivity index (χ4v) is 8.92. The Hall–Kier alpha value is -5.15. The first-order valence-corrected chi connectivity index (χ1v) is 20.6. The number of amides is 1. The molecule has 2 saturated heterocycles. The van der Waals surface area contributed by atoms with Crippen LogP contribution in [0.2, 0.25) is 0 Å². The second-order valence-corrected chi connectivity index (χ2v) is 16.0. The van der Waals surface area contributed by atoms with Gasteiger partial charge in [0.05, 0.1) is 45.3 Å². The monoisotopic (exact) mass is 848 g/mol. The summed E-state index contributed by atoms with van der Waals surface area (Å²) in [6, 6.07) is 24.0. The van der Waals surface area contributed by atoms with Gasteiger partial charge in [-0.25, -0.2) is 15.0 Å². The standard InChI is InChI=1S/C44H49BrN8O5/c1-56-35-10-6-30(7-11-35)25-44(26-31-8-12-36(57-2)13-9-31)29-51(18-21-54)16-17-53(44)42(55)38(32-4-3-5-34(45)24-32)41-47-27-33(28-48-41)39-37-14-15-46-40(37)50-43(49-39)52-19-22-58-23-20-52/h3-13,24,27-28,38,54H,14-23,25-26,29H2,1-2H3,(H,46,49,50). The van der Waals surface area contributed by atoms with Crippen LogP contribution in [0.5, 0.6) is 11.5 Å². The third-order valence-electron chi connectivity index (χ3n) is 11.4. The van der Waals surface area contributed by atoms with Crippen molar-refractivity contribution in [2.75, 3.05) is 90.1 Å². The normalized spacial score (nSPS) is 17.0. The summed E-state index contributed by atoms with van der Waals surface area (Å²) in [5.74, 6) is 2.54. The first kappa shape index (κ1) is 39.7. The summed E-state index contributed by atoms with van der Waals surface area (Å²) < 4.78 is 17.4. The van der Waals surface area contributed by atoms with Gasteiger partial charge in [-0.2, -0.15) is 4.98 Å². The molecule has 1 amide bonds. The Morgan fingerprint density at radius 1 is 0.914 bits per heavy atom. The molecule has 5 heterocycles. The molecule has 1 unspecified atom stereocenters. The third-order valence-corrected chi connectivity index (χ3v) is 11.9. The fraction of sp³-hybridized carbons (Fsp3) is 0.386. The summed E-state index contributed by atoms with van der Waals surface area (Å²) >= 11 is 3.67. The van der Waals surface area contributed by atoms with Crippen LogP contribution in [0.15, 0.2) is 89.7 Å². The van der Waals surface area contributed by atoms with Gasteiger partial charge in [-0.05, 0) is 72.4 Å². The molecule has 0 spiro atoms. The number of aliphatic hydroxyl groups excluding tert-OH is 1. The van der Waals surface area contributed by atoms with E-state index in [9.17, 15) is 5.11 Å². The largest absolute Gasteiger partial charge is 0.497 e. The molecule has 8 rings (SSSR count). The van der Waals surface area contributed by atoms with Gasteiger partial charge < -0.3 is 34.4 Å². The second kappa shape index (κ2) is 17.8. The first-order chi connectivity index (χ1) is 28.4. The summed E-state index contributed by atoms with van der Waals surface area (Å²) in [7, 11) is 3.32. The van der Waals surface area contributed by atoms with Gasteiger partial charge in [0.1, 0.15) is 29.1 Å².